The lowest BCUT2D eigenvalue weighted by Crippen LogP contribution is -2.25. The van der Waals surface area contributed by atoms with Crippen LogP contribution in [0.15, 0.2) is 53.4 Å². The number of carbonyl (C=O) groups excluding carboxylic acids is 2. The minimum Gasteiger partial charge on any atom is -0.352 e. The molecule has 0 aliphatic heterocycles. The van der Waals surface area contributed by atoms with Gasteiger partial charge in [-0.2, -0.15) is 0 Å². The minimum atomic E-state index is -0.156. The summed E-state index contributed by atoms with van der Waals surface area (Å²) in [7, 11) is 0. The van der Waals surface area contributed by atoms with Gasteiger partial charge in [0.2, 0.25) is 5.91 Å². The van der Waals surface area contributed by atoms with E-state index in [1.807, 2.05) is 6.26 Å². The van der Waals surface area contributed by atoms with Gasteiger partial charge in [0.05, 0.1) is 0 Å². The predicted octanol–water partition coefficient (Wildman–Crippen LogP) is 3.34. The van der Waals surface area contributed by atoms with Crippen molar-refractivity contribution in [1.82, 2.24) is 5.32 Å². The predicted molar refractivity (Wildman–Crippen MR) is 95.0 cm³/mol. The van der Waals surface area contributed by atoms with Crippen LogP contribution >= 0.6 is 11.8 Å². The van der Waals surface area contributed by atoms with Gasteiger partial charge in [0.1, 0.15) is 0 Å². The van der Waals surface area contributed by atoms with E-state index >= 15 is 0 Å². The number of anilines is 1. The lowest BCUT2D eigenvalue weighted by Gasteiger charge is -2.08. The van der Waals surface area contributed by atoms with E-state index in [4.69, 9.17) is 0 Å². The van der Waals surface area contributed by atoms with E-state index in [9.17, 15) is 9.59 Å². The zero-order valence-electron chi connectivity index (χ0n) is 13.3. The van der Waals surface area contributed by atoms with Crippen LogP contribution in [-0.2, 0) is 11.2 Å². The number of rotatable bonds is 6. The first kappa shape index (κ1) is 17.1. The average molecular weight is 328 g/mol. The van der Waals surface area contributed by atoms with Gasteiger partial charge in [-0.25, -0.2) is 0 Å². The van der Waals surface area contributed by atoms with E-state index in [0.29, 0.717) is 17.8 Å². The van der Waals surface area contributed by atoms with Gasteiger partial charge in [0.15, 0.2) is 0 Å². The molecular formula is C18H20N2O2S. The highest BCUT2D eigenvalue weighted by Gasteiger charge is 2.06. The molecule has 0 radical (unpaired) electrons. The molecule has 0 fully saturated rings. The molecule has 2 rings (SSSR count). The normalized spacial score (nSPS) is 10.2. The minimum absolute atomic E-state index is 0.141. The third-order valence-corrected chi connectivity index (χ3v) is 4.05. The van der Waals surface area contributed by atoms with Crippen molar-refractivity contribution in [2.75, 3.05) is 18.1 Å². The highest BCUT2D eigenvalue weighted by molar-refractivity contribution is 7.98. The van der Waals surface area contributed by atoms with Crippen molar-refractivity contribution < 1.29 is 9.59 Å². The van der Waals surface area contributed by atoms with E-state index in [1.54, 1.807) is 36.0 Å². The second kappa shape index (κ2) is 8.39. The zero-order valence-corrected chi connectivity index (χ0v) is 14.1. The first-order valence-corrected chi connectivity index (χ1v) is 8.60. The van der Waals surface area contributed by atoms with Gasteiger partial charge in [-0.1, -0.05) is 18.2 Å². The summed E-state index contributed by atoms with van der Waals surface area (Å²) < 4.78 is 0. The van der Waals surface area contributed by atoms with Crippen molar-refractivity contribution in [3.8, 4) is 0 Å². The van der Waals surface area contributed by atoms with Crippen molar-refractivity contribution in [2.24, 2.45) is 0 Å². The number of nitrogens with one attached hydrogen (secondary N) is 2. The number of thioether (sulfide) groups is 1. The van der Waals surface area contributed by atoms with Gasteiger partial charge >= 0.3 is 0 Å². The average Bonchev–Trinajstić information content (AvgIpc) is 2.55. The molecule has 0 aromatic heterocycles. The summed E-state index contributed by atoms with van der Waals surface area (Å²) in [6.07, 6.45) is 2.83. The highest BCUT2D eigenvalue weighted by Crippen LogP contribution is 2.15. The van der Waals surface area contributed by atoms with Crippen LogP contribution in [0.5, 0.6) is 0 Å². The number of benzene rings is 2. The Hall–Kier alpha value is -2.27. The maximum Gasteiger partial charge on any atom is 0.251 e. The van der Waals surface area contributed by atoms with Crippen molar-refractivity contribution in [2.45, 2.75) is 18.2 Å². The molecular weight excluding hydrogens is 308 g/mol. The number of hydrogen-bond acceptors (Lipinski definition) is 3. The van der Waals surface area contributed by atoms with Crippen LogP contribution in [0, 0.1) is 0 Å². The summed E-state index contributed by atoms with van der Waals surface area (Å²) in [5.74, 6) is -0.297. The summed E-state index contributed by atoms with van der Waals surface area (Å²) in [5, 5.41) is 5.57. The Kier molecular flexibility index (Phi) is 6.23. The molecule has 23 heavy (non-hydrogen) atoms. The van der Waals surface area contributed by atoms with E-state index in [2.05, 4.69) is 34.9 Å². The molecule has 0 saturated heterocycles. The summed E-state index contributed by atoms with van der Waals surface area (Å²) >= 11 is 1.71. The molecule has 2 N–H and O–H groups in total. The Bertz CT molecular complexity index is 684. The Morgan fingerprint density at radius 3 is 2.48 bits per heavy atom. The van der Waals surface area contributed by atoms with Crippen LogP contribution in [-0.4, -0.2) is 24.6 Å². The number of amides is 2. The maximum atomic E-state index is 12.1. The van der Waals surface area contributed by atoms with Crippen LogP contribution in [0.4, 0.5) is 5.69 Å². The third-order valence-electron chi connectivity index (χ3n) is 3.30. The molecule has 0 heterocycles. The van der Waals surface area contributed by atoms with E-state index in [1.165, 1.54) is 17.4 Å². The first-order valence-electron chi connectivity index (χ1n) is 7.37. The fraction of sp³-hybridized carbons (Fsp3) is 0.222. The first-order chi connectivity index (χ1) is 11.1. The monoisotopic (exact) mass is 328 g/mol. The SMILES string of the molecule is CSc1ccc(CCNC(=O)c2cccc(NC(C)=O)c2)cc1. The van der Waals surface area contributed by atoms with Gasteiger partial charge < -0.3 is 10.6 Å². The molecule has 2 aromatic rings. The molecule has 0 spiro atoms. The fourth-order valence-corrected chi connectivity index (χ4v) is 2.56. The molecule has 0 unspecified atom stereocenters. The number of carbonyl (C=O) groups is 2. The summed E-state index contributed by atoms with van der Waals surface area (Å²) in [5.41, 5.74) is 2.35. The Morgan fingerprint density at radius 2 is 1.83 bits per heavy atom. The van der Waals surface area contributed by atoms with Crippen LogP contribution in [0.2, 0.25) is 0 Å². The standard InChI is InChI=1S/C18H20N2O2S/c1-13(21)20-16-5-3-4-15(12-16)18(22)19-11-10-14-6-8-17(23-2)9-7-14/h3-9,12H,10-11H2,1-2H3,(H,19,22)(H,20,21). The van der Waals surface area contributed by atoms with Crippen LogP contribution in [0.3, 0.4) is 0 Å². The molecule has 0 saturated carbocycles. The second-order valence-electron chi connectivity index (χ2n) is 5.12. The lowest BCUT2D eigenvalue weighted by atomic mass is 10.1. The molecule has 0 bridgehead atoms. The molecule has 2 amide bonds. The van der Waals surface area contributed by atoms with Crippen LogP contribution in [0.25, 0.3) is 0 Å². The summed E-state index contributed by atoms with van der Waals surface area (Å²) in [6, 6.07) is 15.2. The molecule has 0 aliphatic rings. The van der Waals surface area contributed by atoms with Crippen molar-refractivity contribution in [3.05, 3.63) is 59.7 Å². The highest BCUT2D eigenvalue weighted by atomic mass is 32.2. The third kappa shape index (κ3) is 5.45. The molecule has 0 aliphatic carbocycles. The van der Waals surface area contributed by atoms with Gasteiger partial charge in [-0.05, 0) is 48.6 Å². The fourth-order valence-electron chi connectivity index (χ4n) is 2.16. The van der Waals surface area contributed by atoms with Gasteiger partial charge in [-0.3, -0.25) is 9.59 Å². The van der Waals surface area contributed by atoms with E-state index < -0.39 is 0 Å². The van der Waals surface area contributed by atoms with Gasteiger partial charge in [0, 0.05) is 29.6 Å². The summed E-state index contributed by atoms with van der Waals surface area (Å²) in [4.78, 5) is 24.4. The van der Waals surface area contributed by atoms with Crippen molar-refractivity contribution >= 4 is 29.3 Å². The smallest absolute Gasteiger partial charge is 0.251 e. The number of hydrogen-bond donors (Lipinski definition) is 2. The molecule has 5 heteroatoms. The quantitative estimate of drug-likeness (QED) is 0.800. The Balaban J connectivity index is 1.87. The van der Waals surface area contributed by atoms with Crippen molar-refractivity contribution in [3.63, 3.8) is 0 Å². The molecule has 0 atom stereocenters. The van der Waals surface area contributed by atoms with Crippen LogP contribution in [0.1, 0.15) is 22.8 Å². The summed E-state index contributed by atoms with van der Waals surface area (Å²) in [6.45, 7) is 2.01. The lowest BCUT2D eigenvalue weighted by molar-refractivity contribution is -0.114. The topological polar surface area (TPSA) is 58.2 Å². The largest absolute Gasteiger partial charge is 0.352 e. The van der Waals surface area contributed by atoms with Gasteiger partial charge in [0.25, 0.3) is 5.91 Å². The van der Waals surface area contributed by atoms with Gasteiger partial charge in [-0.15, -0.1) is 11.8 Å². The second-order valence-corrected chi connectivity index (χ2v) is 6.00. The van der Waals surface area contributed by atoms with Crippen molar-refractivity contribution in [1.29, 1.82) is 0 Å². The molecule has 2 aromatic carbocycles. The molecule has 4 nitrogen and oxygen atoms in total. The molecule has 120 valence electrons. The van der Waals surface area contributed by atoms with Crippen LogP contribution < -0.4 is 10.6 Å². The van der Waals surface area contributed by atoms with E-state index in [0.717, 1.165) is 6.42 Å². The Morgan fingerprint density at radius 1 is 1.09 bits per heavy atom. The maximum absolute atomic E-state index is 12.1. The zero-order chi connectivity index (χ0) is 16.7. The Labute approximate surface area is 140 Å². The van der Waals surface area contributed by atoms with E-state index in [-0.39, 0.29) is 11.8 Å².